The molecule has 122 valence electrons. The van der Waals surface area contributed by atoms with Gasteiger partial charge < -0.3 is 14.6 Å². The van der Waals surface area contributed by atoms with Crippen molar-refractivity contribution in [2.24, 2.45) is 7.05 Å². The van der Waals surface area contributed by atoms with Crippen LogP contribution in [-0.4, -0.2) is 39.2 Å². The number of likely N-dealkylation sites (tertiary alicyclic amines) is 1. The molecule has 23 heavy (non-hydrogen) atoms. The number of carbonyl (C=O) groups excluding carboxylic acids is 1. The average Bonchev–Trinajstić information content (AvgIpc) is 2.52. The van der Waals surface area contributed by atoms with Gasteiger partial charge in [-0.1, -0.05) is 18.2 Å². The number of hydrogen-bond donors (Lipinski definition) is 1. The fraction of sp³-hybridized carbons (Fsp3) is 0.444. The highest BCUT2D eigenvalue weighted by atomic mass is 16.3. The van der Waals surface area contributed by atoms with E-state index in [1.54, 1.807) is 30.4 Å². The molecule has 2 heterocycles. The van der Waals surface area contributed by atoms with Crippen molar-refractivity contribution in [1.29, 1.82) is 0 Å². The van der Waals surface area contributed by atoms with Crippen molar-refractivity contribution in [3.63, 3.8) is 0 Å². The number of nitrogens with zero attached hydrogens (tertiary/aromatic N) is 2. The van der Waals surface area contributed by atoms with Crippen molar-refractivity contribution in [2.45, 2.75) is 32.3 Å². The average molecular weight is 314 g/mol. The standard InChI is InChI=1S/C18H22N2O3/c1-12-15(17(22)20-10-6-9-18(2,23)11-20)13-7-4-5-8-14(13)19(3)16(12)21/h4-5,7-8,23H,6,9-11H2,1-3H3. The number of carbonyl (C=O) groups is 1. The van der Waals surface area contributed by atoms with E-state index in [1.165, 1.54) is 0 Å². The van der Waals surface area contributed by atoms with Gasteiger partial charge in [0.15, 0.2) is 0 Å². The number of aromatic nitrogens is 1. The van der Waals surface area contributed by atoms with E-state index < -0.39 is 5.60 Å². The van der Waals surface area contributed by atoms with Gasteiger partial charge in [-0.25, -0.2) is 0 Å². The maximum absolute atomic E-state index is 13.1. The van der Waals surface area contributed by atoms with Gasteiger partial charge in [0.2, 0.25) is 0 Å². The van der Waals surface area contributed by atoms with E-state index in [-0.39, 0.29) is 11.5 Å². The topological polar surface area (TPSA) is 62.5 Å². The van der Waals surface area contributed by atoms with Crippen LogP contribution in [0, 0.1) is 6.92 Å². The Kier molecular flexibility index (Phi) is 3.76. The second kappa shape index (κ2) is 5.49. The zero-order valence-electron chi connectivity index (χ0n) is 13.8. The molecule has 1 aromatic heterocycles. The molecule has 1 unspecified atom stereocenters. The third-order valence-electron chi connectivity index (χ3n) is 4.71. The summed E-state index contributed by atoms with van der Waals surface area (Å²) in [6.07, 6.45) is 1.45. The Hall–Kier alpha value is -2.14. The summed E-state index contributed by atoms with van der Waals surface area (Å²) < 4.78 is 1.58. The summed E-state index contributed by atoms with van der Waals surface area (Å²) in [6.45, 7) is 4.36. The Labute approximate surface area is 135 Å². The van der Waals surface area contributed by atoms with Gasteiger partial charge in [-0.15, -0.1) is 0 Å². The predicted molar refractivity (Wildman–Crippen MR) is 89.7 cm³/mol. The highest BCUT2D eigenvalue weighted by Crippen LogP contribution is 2.25. The number of aryl methyl sites for hydroxylation is 1. The second-order valence-corrected chi connectivity index (χ2v) is 6.71. The molecule has 0 spiro atoms. The summed E-state index contributed by atoms with van der Waals surface area (Å²) in [6, 6.07) is 7.45. The van der Waals surface area contributed by atoms with Gasteiger partial charge in [0.25, 0.3) is 11.5 Å². The van der Waals surface area contributed by atoms with Gasteiger partial charge in [-0.2, -0.15) is 0 Å². The number of rotatable bonds is 1. The van der Waals surface area contributed by atoms with Crippen molar-refractivity contribution in [3.05, 3.63) is 45.7 Å². The van der Waals surface area contributed by atoms with Crippen LogP contribution in [0.1, 0.15) is 35.7 Å². The summed E-state index contributed by atoms with van der Waals surface area (Å²) in [5.41, 5.74) is 0.644. The van der Waals surface area contributed by atoms with Gasteiger partial charge >= 0.3 is 0 Å². The number of benzene rings is 1. The van der Waals surface area contributed by atoms with E-state index >= 15 is 0 Å². The summed E-state index contributed by atoms with van der Waals surface area (Å²) >= 11 is 0. The first kappa shape index (κ1) is 15.7. The number of pyridine rings is 1. The Morgan fingerprint density at radius 1 is 1.30 bits per heavy atom. The first-order chi connectivity index (χ1) is 10.8. The maximum atomic E-state index is 13.1. The van der Waals surface area contributed by atoms with E-state index in [4.69, 9.17) is 0 Å². The molecule has 1 aromatic carbocycles. The largest absolute Gasteiger partial charge is 0.388 e. The normalized spacial score (nSPS) is 21.7. The molecular weight excluding hydrogens is 292 g/mol. The molecule has 1 aliphatic heterocycles. The van der Waals surface area contributed by atoms with Crippen molar-refractivity contribution in [3.8, 4) is 0 Å². The zero-order chi connectivity index (χ0) is 16.8. The van der Waals surface area contributed by atoms with E-state index in [9.17, 15) is 14.7 Å². The SMILES string of the molecule is Cc1c(C(=O)N2CCCC(C)(O)C2)c2ccccc2n(C)c1=O. The van der Waals surface area contributed by atoms with E-state index in [1.807, 2.05) is 24.3 Å². The molecule has 1 N–H and O–H groups in total. The number of hydrogen-bond acceptors (Lipinski definition) is 3. The maximum Gasteiger partial charge on any atom is 0.255 e. The Morgan fingerprint density at radius 3 is 2.70 bits per heavy atom. The van der Waals surface area contributed by atoms with Crippen molar-refractivity contribution >= 4 is 16.8 Å². The minimum atomic E-state index is -0.864. The lowest BCUT2D eigenvalue weighted by molar-refractivity contribution is -0.0107. The molecule has 5 heteroatoms. The van der Waals surface area contributed by atoms with Crippen LogP contribution >= 0.6 is 0 Å². The number of aliphatic hydroxyl groups is 1. The molecular formula is C18H22N2O3. The van der Waals surface area contributed by atoms with Crippen LogP contribution in [-0.2, 0) is 7.05 Å². The molecule has 1 saturated heterocycles. The van der Waals surface area contributed by atoms with E-state index in [0.29, 0.717) is 30.6 Å². The monoisotopic (exact) mass is 314 g/mol. The third kappa shape index (κ3) is 2.65. The number of β-amino-alcohol motifs (C(OH)–C–C–N with tert-alkyl or cyclic N) is 1. The van der Waals surface area contributed by atoms with Gasteiger partial charge in [-0.3, -0.25) is 9.59 Å². The highest BCUT2D eigenvalue weighted by molar-refractivity contribution is 6.07. The Morgan fingerprint density at radius 2 is 2.00 bits per heavy atom. The van der Waals surface area contributed by atoms with Crippen LogP contribution in [0.3, 0.4) is 0 Å². The molecule has 2 aromatic rings. The molecule has 3 rings (SSSR count). The molecule has 1 fully saturated rings. The number of amides is 1. The minimum absolute atomic E-state index is 0.157. The lowest BCUT2D eigenvalue weighted by Crippen LogP contribution is -2.49. The third-order valence-corrected chi connectivity index (χ3v) is 4.71. The quantitative estimate of drug-likeness (QED) is 0.873. The van der Waals surface area contributed by atoms with Crippen LogP contribution in [0.2, 0.25) is 0 Å². The molecule has 0 aliphatic carbocycles. The van der Waals surface area contributed by atoms with Crippen LogP contribution in [0.25, 0.3) is 10.9 Å². The van der Waals surface area contributed by atoms with Crippen LogP contribution in [0.5, 0.6) is 0 Å². The predicted octanol–water partition coefficient (Wildman–Crippen LogP) is 1.83. The first-order valence-electron chi connectivity index (χ1n) is 7.92. The molecule has 1 amide bonds. The van der Waals surface area contributed by atoms with E-state index in [2.05, 4.69) is 0 Å². The van der Waals surface area contributed by atoms with E-state index in [0.717, 1.165) is 17.3 Å². The molecule has 5 nitrogen and oxygen atoms in total. The zero-order valence-corrected chi connectivity index (χ0v) is 13.8. The van der Waals surface area contributed by atoms with Crippen LogP contribution < -0.4 is 5.56 Å². The summed E-state index contributed by atoms with van der Waals surface area (Å²) in [5, 5.41) is 11.0. The first-order valence-corrected chi connectivity index (χ1v) is 7.92. The molecule has 0 bridgehead atoms. The van der Waals surface area contributed by atoms with Crippen molar-refractivity contribution in [1.82, 2.24) is 9.47 Å². The van der Waals surface area contributed by atoms with Crippen LogP contribution in [0.4, 0.5) is 0 Å². The fourth-order valence-electron chi connectivity index (χ4n) is 3.47. The molecule has 1 atom stereocenters. The Bertz CT molecular complexity index is 836. The second-order valence-electron chi connectivity index (χ2n) is 6.71. The number of fused-ring (bicyclic) bond motifs is 1. The summed E-state index contributed by atoms with van der Waals surface area (Å²) in [4.78, 5) is 27.2. The molecule has 0 saturated carbocycles. The van der Waals surface area contributed by atoms with Gasteiger partial charge in [0, 0.05) is 31.1 Å². The molecule has 0 radical (unpaired) electrons. The lowest BCUT2D eigenvalue weighted by Gasteiger charge is -2.37. The Balaban J connectivity index is 2.16. The smallest absolute Gasteiger partial charge is 0.255 e. The summed E-state index contributed by atoms with van der Waals surface area (Å²) in [5.74, 6) is -0.170. The van der Waals surface area contributed by atoms with Crippen LogP contribution in [0.15, 0.2) is 29.1 Å². The lowest BCUT2D eigenvalue weighted by atomic mass is 9.93. The van der Waals surface area contributed by atoms with Gasteiger partial charge in [0.05, 0.1) is 16.7 Å². The van der Waals surface area contributed by atoms with Gasteiger partial charge in [0.1, 0.15) is 0 Å². The number of para-hydroxylation sites is 1. The fourth-order valence-corrected chi connectivity index (χ4v) is 3.47. The highest BCUT2D eigenvalue weighted by Gasteiger charge is 2.32. The van der Waals surface area contributed by atoms with Crippen molar-refractivity contribution < 1.29 is 9.90 Å². The van der Waals surface area contributed by atoms with Crippen molar-refractivity contribution in [2.75, 3.05) is 13.1 Å². The number of piperidine rings is 1. The minimum Gasteiger partial charge on any atom is -0.388 e. The van der Waals surface area contributed by atoms with Gasteiger partial charge in [-0.05, 0) is 32.8 Å². The molecule has 1 aliphatic rings. The summed E-state index contributed by atoms with van der Waals surface area (Å²) in [7, 11) is 1.72.